The lowest BCUT2D eigenvalue weighted by Crippen LogP contribution is -2.28. The highest BCUT2D eigenvalue weighted by Crippen LogP contribution is 2.31. The van der Waals surface area contributed by atoms with Crippen LogP contribution in [0.5, 0.6) is 0 Å². The number of hydrogen-bond acceptors (Lipinski definition) is 4. The molecule has 0 unspecified atom stereocenters. The van der Waals surface area contributed by atoms with Crippen LogP contribution >= 0.6 is 11.3 Å². The Bertz CT molecular complexity index is 973. The molecule has 140 valence electrons. The van der Waals surface area contributed by atoms with Crippen LogP contribution in [0.2, 0.25) is 0 Å². The van der Waals surface area contributed by atoms with Gasteiger partial charge in [0.2, 0.25) is 5.91 Å². The SMILES string of the molecule is Cc1cc(-c2ccc(CN3CCCCC3)s2)nc2cc(CC(N)=O)ccc12. The summed E-state index contributed by atoms with van der Waals surface area (Å²) in [5, 5.41) is 1.12. The van der Waals surface area contributed by atoms with E-state index in [4.69, 9.17) is 10.7 Å². The summed E-state index contributed by atoms with van der Waals surface area (Å²) in [6.07, 6.45) is 4.25. The van der Waals surface area contributed by atoms with Crippen molar-refractivity contribution in [2.75, 3.05) is 13.1 Å². The number of nitrogens with zero attached hydrogens (tertiary/aromatic N) is 2. The lowest BCUT2D eigenvalue weighted by Gasteiger charge is -2.25. The molecule has 2 N–H and O–H groups in total. The summed E-state index contributed by atoms with van der Waals surface area (Å²) in [5.74, 6) is -0.317. The number of primary amides is 1. The van der Waals surface area contributed by atoms with Crippen molar-refractivity contribution in [2.24, 2.45) is 5.73 Å². The van der Waals surface area contributed by atoms with E-state index in [-0.39, 0.29) is 12.3 Å². The maximum Gasteiger partial charge on any atom is 0.221 e. The van der Waals surface area contributed by atoms with Gasteiger partial charge < -0.3 is 5.73 Å². The number of hydrogen-bond donors (Lipinski definition) is 1. The largest absolute Gasteiger partial charge is 0.369 e. The second-order valence-electron chi connectivity index (χ2n) is 7.42. The van der Waals surface area contributed by atoms with Gasteiger partial charge in [-0.1, -0.05) is 18.6 Å². The van der Waals surface area contributed by atoms with Crippen LogP contribution in [-0.4, -0.2) is 28.9 Å². The maximum atomic E-state index is 11.2. The molecule has 1 aliphatic rings. The summed E-state index contributed by atoms with van der Waals surface area (Å²) in [7, 11) is 0. The van der Waals surface area contributed by atoms with E-state index in [1.54, 1.807) is 0 Å². The molecule has 2 aromatic heterocycles. The van der Waals surface area contributed by atoms with Gasteiger partial charge in [0.1, 0.15) is 0 Å². The van der Waals surface area contributed by atoms with E-state index >= 15 is 0 Å². The van der Waals surface area contributed by atoms with Gasteiger partial charge in [0.15, 0.2) is 0 Å². The van der Waals surface area contributed by atoms with Crippen molar-refractivity contribution in [3.8, 4) is 10.6 Å². The lowest BCUT2D eigenvalue weighted by molar-refractivity contribution is -0.117. The Hall–Kier alpha value is -2.24. The Kier molecular flexibility index (Phi) is 5.23. The molecule has 1 fully saturated rings. The number of thiophene rings is 1. The molecular formula is C22H25N3OS. The third kappa shape index (κ3) is 4.20. The normalized spacial score (nSPS) is 15.3. The van der Waals surface area contributed by atoms with Crippen molar-refractivity contribution in [1.82, 2.24) is 9.88 Å². The topological polar surface area (TPSA) is 59.2 Å². The van der Waals surface area contributed by atoms with E-state index in [2.05, 4.69) is 30.0 Å². The van der Waals surface area contributed by atoms with Gasteiger partial charge in [-0.15, -0.1) is 11.3 Å². The minimum absolute atomic E-state index is 0.250. The van der Waals surface area contributed by atoms with Crippen LogP contribution in [0, 0.1) is 6.92 Å². The Morgan fingerprint density at radius 2 is 1.96 bits per heavy atom. The first-order chi connectivity index (χ1) is 13.1. The smallest absolute Gasteiger partial charge is 0.221 e. The number of carbonyl (C=O) groups is 1. The van der Waals surface area contributed by atoms with Crippen molar-refractivity contribution in [2.45, 2.75) is 39.2 Å². The average molecular weight is 380 g/mol. The molecule has 1 saturated heterocycles. The highest BCUT2D eigenvalue weighted by Gasteiger charge is 2.13. The van der Waals surface area contributed by atoms with E-state index < -0.39 is 0 Å². The summed E-state index contributed by atoms with van der Waals surface area (Å²) in [6, 6.07) is 12.6. The molecule has 4 nitrogen and oxygen atoms in total. The van der Waals surface area contributed by atoms with E-state index in [0.29, 0.717) is 0 Å². The van der Waals surface area contributed by atoms with Crippen molar-refractivity contribution in [3.63, 3.8) is 0 Å². The molecule has 0 saturated carbocycles. The predicted octanol–water partition coefficient (Wildman–Crippen LogP) is 4.29. The molecule has 1 aromatic carbocycles. The molecule has 0 radical (unpaired) electrons. The van der Waals surface area contributed by atoms with Gasteiger partial charge in [0, 0.05) is 16.8 Å². The number of nitrogens with two attached hydrogens (primary N) is 1. The highest BCUT2D eigenvalue weighted by molar-refractivity contribution is 7.15. The monoisotopic (exact) mass is 379 g/mol. The number of pyridine rings is 1. The Morgan fingerprint density at radius 1 is 1.15 bits per heavy atom. The Labute approximate surface area is 164 Å². The summed E-state index contributed by atoms with van der Waals surface area (Å²) in [5.41, 5.74) is 9.38. The van der Waals surface area contributed by atoms with Gasteiger partial charge in [-0.25, -0.2) is 4.98 Å². The van der Waals surface area contributed by atoms with Crippen LogP contribution in [0.15, 0.2) is 36.4 Å². The van der Waals surface area contributed by atoms with Crippen molar-refractivity contribution in [1.29, 1.82) is 0 Å². The van der Waals surface area contributed by atoms with Gasteiger partial charge in [0.25, 0.3) is 0 Å². The number of rotatable bonds is 5. The number of carbonyl (C=O) groups excluding carboxylic acids is 1. The minimum atomic E-state index is -0.317. The number of aryl methyl sites for hydroxylation is 1. The standard InChI is InChI=1S/C22H25N3OS/c1-15-11-20(24-19-12-16(13-22(23)26)5-7-18(15)19)21-8-6-17(27-21)14-25-9-3-2-4-10-25/h5-8,11-12H,2-4,9-10,13-14H2,1H3,(H2,23,26). The highest BCUT2D eigenvalue weighted by atomic mass is 32.1. The van der Waals surface area contributed by atoms with Gasteiger partial charge >= 0.3 is 0 Å². The number of likely N-dealkylation sites (tertiary alicyclic amines) is 1. The third-order valence-corrected chi connectivity index (χ3v) is 6.29. The van der Waals surface area contributed by atoms with Crippen LogP contribution in [0.4, 0.5) is 0 Å². The van der Waals surface area contributed by atoms with Gasteiger partial charge in [-0.2, -0.15) is 0 Å². The van der Waals surface area contributed by atoms with Crippen LogP contribution in [0.1, 0.15) is 35.3 Å². The van der Waals surface area contributed by atoms with Gasteiger partial charge in [-0.3, -0.25) is 9.69 Å². The number of piperidine rings is 1. The molecule has 0 spiro atoms. The zero-order valence-corrected chi connectivity index (χ0v) is 16.5. The van der Waals surface area contributed by atoms with E-state index in [9.17, 15) is 4.79 Å². The van der Waals surface area contributed by atoms with E-state index in [1.165, 1.54) is 47.7 Å². The Balaban J connectivity index is 1.61. The second kappa shape index (κ2) is 7.79. The quantitative estimate of drug-likeness (QED) is 0.719. The van der Waals surface area contributed by atoms with Crippen LogP contribution < -0.4 is 5.73 Å². The molecule has 0 aliphatic carbocycles. The zero-order chi connectivity index (χ0) is 18.8. The Morgan fingerprint density at radius 3 is 2.74 bits per heavy atom. The van der Waals surface area contributed by atoms with E-state index in [1.807, 2.05) is 29.5 Å². The molecule has 4 rings (SSSR count). The summed E-state index contributed by atoms with van der Waals surface area (Å²) < 4.78 is 0. The molecule has 1 amide bonds. The second-order valence-corrected chi connectivity index (χ2v) is 8.59. The summed E-state index contributed by atoms with van der Waals surface area (Å²) in [4.78, 5) is 21.3. The minimum Gasteiger partial charge on any atom is -0.369 e. The molecule has 3 heterocycles. The van der Waals surface area contributed by atoms with Crippen molar-refractivity contribution in [3.05, 3.63) is 52.4 Å². The summed E-state index contributed by atoms with van der Waals surface area (Å²) >= 11 is 1.83. The van der Waals surface area contributed by atoms with E-state index in [0.717, 1.165) is 28.7 Å². The number of amides is 1. The molecule has 27 heavy (non-hydrogen) atoms. The molecule has 3 aromatic rings. The van der Waals surface area contributed by atoms with Gasteiger partial charge in [-0.05, 0) is 68.2 Å². The van der Waals surface area contributed by atoms with Gasteiger partial charge in [0.05, 0.1) is 22.5 Å². The van der Waals surface area contributed by atoms with Crippen LogP contribution in [0.25, 0.3) is 21.5 Å². The first-order valence-corrected chi connectivity index (χ1v) is 10.4. The molecular weight excluding hydrogens is 354 g/mol. The molecule has 0 bridgehead atoms. The summed E-state index contributed by atoms with van der Waals surface area (Å²) in [6.45, 7) is 5.58. The number of fused-ring (bicyclic) bond motifs is 1. The fraction of sp³-hybridized carbons (Fsp3) is 0.364. The van der Waals surface area contributed by atoms with Crippen molar-refractivity contribution >= 4 is 28.1 Å². The molecule has 1 aliphatic heterocycles. The van der Waals surface area contributed by atoms with Crippen molar-refractivity contribution < 1.29 is 4.79 Å². The van der Waals surface area contributed by atoms with Crippen LogP contribution in [-0.2, 0) is 17.8 Å². The molecule has 0 atom stereocenters. The predicted molar refractivity (Wildman–Crippen MR) is 112 cm³/mol. The molecule has 5 heteroatoms. The first kappa shape index (κ1) is 18.1. The average Bonchev–Trinajstić information content (AvgIpc) is 3.10. The number of benzene rings is 1. The first-order valence-electron chi connectivity index (χ1n) is 9.58. The fourth-order valence-corrected chi connectivity index (χ4v) is 4.83. The maximum absolute atomic E-state index is 11.2. The van der Waals surface area contributed by atoms with Crippen LogP contribution in [0.3, 0.4) is 0 Å². The number of aromatic nitrogens is 1. The fourth-order valence-electron chi connectivity index (χ4n) is 3.82. The zero-order valence-electron chi connectivity index (χ0n) is 15.7. The third-order valence-electron chi connectivity index (χ3n) is 5.20. The lowest BCUT2D eigenvalue weighted by atomic mass is 10.0.